The molecule has 14 nitrogen and oxygen atoms in total. The molecule has 4 heterocycles. The summed E-state index contributed by atoms with van der Waals surface area (Å²) in [6, 6.07) is 46.6. The van der Waals surface area contributed by atoms with E-state index in [2.05, 4.69) is 35.5 Å². The van der Waals surface area contributed by atoms with Crippen molar-refractivity contribution in [1.29, 1.82) is 0 Å². The molecule has 0 aliphatic carbocycles. The van der Waals surface area contributed by atoms with E-state index in [9.17, 15) is 21.6 Å². The molecule has 1 amide bonds. The molecule has 0 saturated carbocycles. The Kier molecular flexibility index (Phi) is 11.6. The molecule has 66 heavy (non-hydrogen) atoms. The Bertz CT molecular complexity index is 3440. The van der Waals surface area contributed by atoms with Gasteiger partial charge in [-0.05, 0) is 64.9 Å². The lowest BCUT2D eigenvalue weighted by Crippen LogP contribution is -2.48. The second-order valence-electron chi connectivity index (χ2n) is 16.2. The zero-order valence-corrected chi connectivity index (χ0v) is 37.4. The average Bonchev–Trinajstić information content (AvgIpc) is 4.01. The van der Waals surface area contributed by atoms with Crippen LogP contribution in [0.15, 0.2) is 172 Å². The Morgan fingerprint density at radius 2 is 0.985 bits per heavy atom. The number of anilines is 2. The smallest absolute Gasteiger partial charge is 0.410 e. The topological polar surface area (TPSA) is 174 Å². The second-order valence-corrected chi connectivity index (χ2v) is 19.9. The first kappa shape index (κ1) is 42.7. The van der Waals surface area contributed by atoms with E-state index in [1.165, 1.54) is 0 Å². The average molecular weight is 919 g/mol. The molecule has 7 aromatic carbocycles. The summed E-state index contributed by atoms with van der Waals surface area (Å²) in [5.74, 6) is 0. The number of H-pyrrole nitrogens is 2. The number of carbonyl (C=O) groups excluding carboxylic acids is 1. The van der Waals surface area contributed by atoms with Crippen LogP contribution < -0.4 is 15.1 Å². The molecule has 0 spiro atoms. The number of fused-ring (bicyclic) bond motifs is 4. The molecular formula is C50H46N8O6S2. The van der Waals surface area contributed by atoms with Crippen LogP contribution >= 0.6 is 0 Å². The lowest BCUT2D eigenvalue weighted by Gasteiger charge is -2.35. The number of rotatable bonds is 8. The Morgan fingerprint density at radius 1 is 0.515 bits per heavy atom. The van der Waals surface area contributed by atoms with Gasteiger partial charge in [-0.3, -0.25) is 10.2 Å². The van der Waals surface area contributed by atoms with Gasteiger partial charge in [-0.1, -0.05) is 103 Å². The zero-order valence-electron chi connectivity index (χ0n) is 35.8. The molecule has 2 aliphatic rings. The Hall–Kier alpha value is -7.27. The van der Waals surface area contributed by atoms with Crippen molar-refractivity contribution >= 4 is 80.5 Å². The number of sulfone groups is 2. The Balaban J connectivity index is 0.000000162. The molecule has 2 saturated heterocycles. The van der Waals surface area contributed by atoms with Crippen molar-refractivity contribution in [3.63, 3.8) is 0 Å². The van der Waals surface area contributed by atoms with E-state index in [1.807, 2.05) is 127 Å². The van der Waals surface area contributed by atoms with Crippen LogP contribution in [0.25, 0.3) is 43.4 Å². The first-order chi connectivity index (χ1) is 32.1. The van der Waals surface area contributed by atoms with Gasteiger partial charge in [-0.25, -0.2) is 21.6 Å². The normalized spacial score (nSPS) is 14.7. The Morgan fingerprint density at radius 3 is 1.52 bits per heavy atom. The van der Waals surface area contributed by atoms with E-state index in [0.717, 1.165) is 53.9 Å². The minimum absolute atomic E-state index is 0.0776. The number of hydrogen-bond donors (Lipinski definition) is 3. The van der Waals surface area contributed by atoms with Gasteiger partial charge >= 0.3 is 6.09 Å². The summed E-state index contributed by atoms with van der Waals surface area (Å²) in [7, 11) is -7.60. The quantitative estimate of drug-likeness (QED) is 0.135. The third kappa shape index (κ3) is 8.30. The number of nitrogens with zero attached hydrogens (tertiary/aromatic N) is 5. The second kappa shape index (κ2) is 18.0. The maximum absolute atomic E-state index is 13.7. The van der Waals surface area contributed by atoms with Gasteiger partial charge in [0.2, 0.25) is 19.7 Å². The number of amides is 1. The maximum atomic E-state index is 13.7. The first-order valence-corrected chi connectivity index (χ1v) is 24.7. The maximum Gasteiger partial charge on any atom is 0.410 e. The van der Waals surface area contributed by atoms with Gasteiger partial charge in [0, 0.05) is 85.3 Å². The lowest BCUT2D eigenvalue weighted by molar-refractivity contribution is 0.0942. The van der Waals surface area contributed by atoms with Gasteiger partial charge < -0.3 is 24.8 Å². The van der Waals surface area contributed by atoms with E-state index < -0.39 is 19.7 Å². The minimum atomic E-state index is -3.85. The van der Waals surface area contributed by atoms with Crippen LogP contribution in [-0.4, -0.2) is 101 Å². The number of carbonyl (C=O) groups is 1. The SMILES string of the molecule is O=C(OCc1ccccc1)N1CCN(c2ccc3n[nH]c(S(=O)(=O)c4cccc5ccccc45)c3c2)CC1.O=S(=O)(c1cccc2ccccc12)c1[nH]nc2ccc(N3CCNCC3)cc12. The fourth-order valence-electron chi connectivity index (χ4n) is 8.71. The van der Waals surface area contributed by atoms with Crippen molar-refractivity contribution in [2.24, 2.45) is 0 Å². The standard InChI is InChI=1S/C29H26N4O4S.C21H20N4O2S/c34-29(37-20-21-7-2-1-3-8-21)33-17-15-32(16-18-33)23-13-14-26-25(19-23)28(31-30-26)38(35,36)27-12-6-10-22-9-4-5-11-24(22)27;26-28(27,20-7-3-5-15-4-1-2-6-17(15)20)21-18-14-16(8-9-19(18)23-24-21)25-12-10-22-11-13-25/h1-14,19H,15-18,20H2,(H,30,31);1-9,14,22H,10-13H2,(H,23,24). The molecule has 0 unspecified atom stereocenters. The molecule has 2 fully saturated rings. The van der Waals surface area contributed by atoms with Gasteiger partial charge in [0.25, 0.3) is 0 Å². The molecule has 3 N–H and O–H groups in total. The number of aromatic amines is 2. The third-order valence-corrected chi connectivity index (χ3v) is 15.8. The largest absolute Gasteiger partial charge is 0.445 e. The fourth-order valence-corrected chi connectivity index (χ4v) is 11.9. The van der Waals surface area contributed by atoms with Gasteiger partial charge in [0.15, 0.2) is 10.1 Å². The number of nitrogens with one attached hydrogen (secondary N) is 3. The van der Waals surface area contributed by atoms with Crippen molar-refractivity contribution in [3.8, 4) is 0 Å². The summed E-state index contributed by atoms with van der Waals surface area (Å²) >= 11 is 0. The summed E-state index contributed by atoms with van der Waals surface area (Å²) in [6.07, 6.45) is -0.331. The van der Waals surface area contributed by atoms with Crippen LogP contribution in [0.2, 0.25) is 0 Å². The van der Waals surface area contributed by atoms with Crippen molar-refractivity contribution < 1.29 is 26.4 Å². The highest BCUT2D eigenvalue weighted by Crippen LogP contribution is 2.35. The molecule has 2 aliphatic heterocycles. The van der Waals surface area contributed by atoms with Gasteiger partial charge in [-0.2, -0.15) is 10.2 Å². The molecule has 2 aromatic heterocycles. The highest BCUT2D eigenvalue weighted by Gasteiger charge is 2.28. The minimum Gasteiger partial charge on any atom is -0.445 e. The number of benzene rings is 7. The van der Waals surface area contributed by atoms with Crippen LogP contribution in [0.1, 0.15) is 5.56 Å². The summed E-state index contributed by atoms with van der Waals surface area (Å²) in [4.78, 5) is 19.2. The molecule has 0 radical (unpaired) electrons. The van der Waals surface area contributed by atoms with Crippen molar-refractivity contribution in [1.82, 2.24) is 30.6 Å². The number of ether oxygens (including phenoxy) is 1. The van der Waals surface area contributed by atoms with Crippen molar-refractivity contribution in [3.05, 3.63) is 157 Å². The van der Waals surface area contributed by atoms with E-state index in [4.69, 9.17) is 4.74 Å². The van der Waals surface area contributed by atoms with Gasteiger partial charge in [0.1, 0.15) is 6.61 Å². The summed E-state index contributed by atoms with van der Waals surface area (Å²) in [5, 5.41) is 21.9. The van der Waals surface area contributed by atoms with Gasteiger partial charge in [-0.15, -0.1) is 0 Å². The number of hydrogen-bond acceptors (Lipinski definition) is 11. The van der Waals surface area contributed by atoms with Crippen LogP contribution in [0.5, 0.6) is 0 Å². The fraction of sp³-hybridized carbons (Fsp3) is 0.180. The third-order valence-electron chi connectivity index (χ3n) is 12.2. The molecular weight excluding hydrogens is 873 g/mol. The van der Waals surface area contributed by atoms with Crippen LogP contribution in [0.4, 0.5) is 16.2 Å². The summed E-state index contributed by atoms with van der Waals surface area (Å²) < 4.78 is 60.0. The highest BCUT2D eigenvalue weighted by atomic mass is 32.2. The molecule has 11 rings (SSSR count). The van der Waals surface area contributed by atoms with Crippen LogP contribution in [0, 0.1) is 0 Å². The molecule has 9 aromatic rings. The van der Waals surface area contributed by atoms with E-state index in [0.29, 0.717) is 63.7 Å². The van der Waals surface area contributed by atoms with Crippen molar-refractivity contribution in [2.45, 2.75) is 26.4 Å². The van der Waals surface area contributed by atoms with E-state index >= 15 is 0 Å². The van der Waals surface area contributed by atoms with Crippen LogP contribution in [0.3, 0.4) is 0 Å². The van der Waals surface area contributed by atoms with E-state index in [-0.39, 0.29) is 27.6 Å². The molecule has 0 bridgehead atoms. The monoisotopic (exact) mass is 918 g/mol. The lowest BCUT2D eigenvalue weighted by atomic mass is 10.1. The summed E-state index contributed by atoms with van der Waals surface area (Å²) in [5.41, 5.74) is 4.07. The molecule has 0 atom stereocenters. The van der Waals surface area contributed by atoms with Crippen LogP contribution in [-0.2, 0) is 31.0 Å². The predicted molar refractivity (Wildman–Crippen MR) is 256 cm³/mol. The molecule has 334 valence electrons. The predicted octanol–water partition coefficient (Wildman–Crippen LogP) is 7.97. The molecule has 16 heteroatoms. The number of piperazine rings is 2. The number of aromatic nitrogens is 4. The highest BCUT2D eigenvalue weighted by molar-refractivity contribution is 7.92. The zero-order chi connectivity index (χ0) is 45.3. The van der Waals surface area contributed by atoms with Crippen molar-refractivity contribution in [2.75, 3.05) is 62.2 Å². The van der Waals surface area contributed by atoms with E-state index in [1.54, 1.807) is 29.2 Å². The van der Waals surface area contributed by atoms with Gasteiger partial charge in [0.05, 0.1) is 20.8 Å². The summed E-state index contributed by atoms with van der Waals surface area (Å²) in [6.45, 7) is 6.12. The first-order valence-electron chi connectivity index (χ1n) is 21.7. The Labute approximate surface area is 381 Å².